The summed E-state index contributed by atoms with van der Waals surface area (Å²) >= 11 is 11.7. The zero-order valence-corrected chi connectivity index (χ0v) is 12.6. The van der Waals surface area contributed by atoms with Gasteiger partial charge in [0.2, 0.25) is 15.3 Å². The van der Waals surface area contributed by atoms with Crippen molar-refractivity contribution in [1.82, 2.24) is 14.3 Å². The molecule has 1 N–H and O–H groups in total. The molecule has 0 spiro atoms. The number of aromatic nitrogens is 2. The lowest BCUT2D eigenvalue weighted by atomic mass is 10.1. The second kappa shape index (κ2) is 5.78. The molecule has 0 aromatic carbocycles. The van der Waals surface area contributed by atoms with Crippen molar-refractivity contribution in [3.05, 3.63) is 16.5 Å². The van der Waals surface area contributed by atoms with E-state index in [1.165, 1.54) is 16.8 Å². The highest BCUT2D eigenvalue weighted by Crippen LogP contribution is 2.23. The third-order valence-electron chi connectivity index (χ3n) is 2.91. The molecule has 1 unspecified atom stereocenters. The van der Waals surface area contributed by atoms with Crippen LogP contribution in [-0.4, -0.2) is 48.1 Å². The quantitative estimate of drug-likeness (QED) is 0.855. The molecule has 9 heteroatoms. The van der Waals surface area contributed by atoms with E-state index in [1.54, 1.807) is 0 Å². The number of rotatable bonds is 3. The van der Waals surface area contributed by atoms with E-state index in [0.29, 0.717) is 23.9 Å². The molecule has 2 rings (SSSR count). The van der Waals surface area contributed by atoms with Crippen LogP contribution in [0.25, 0.3) is 0 Å². The van der Waals surface area contributed by atoms with Crippen molar-refractivity contribution in [2.45, 2.75) is 18.9 Å². The van der Waals surface area contributed by atoms with Gasteiger partial charge in [0.1, 0.15) is 10.8 Å². The average molecular weight is 325 g/mol. The highest BCUT2D eigenvalue weighted by molar-refractivity contribution is 7.88. The van der Waals surface area contributed by atoms with Crippen LogP contribution in [0.3, 0.4) is 0 Å². The van der Waals surface area contributed by atoms with Gasteiger partial charge < -0.3 is 5.32 Å². The van der Waals surface area contributed by atoms with Crippen LogP contribution in [0.5, 0.6) is 0 Å². The van der Waals surface area contributed by atoms with E-state index in [2.05, 4.69) is 15.3 Å². The van der Waals surface area contributed by atoms with Crippen molar-refractivity contribution >= 4 is 39.0 Å². The minimum absolute atomic E-state index is 0.0352. The van der Waals surface area contributed by atoms with Gasteiger partial charge in [0, 0.05) is 19.1 Å². The van der Waals surface area contributed by atoms with Gasteiger partial charge in [0.25, 0.3) is 0 Å². The van der Waals surface area contributed by atoms with Crippen molar-refractivity contribution in [3.63, 3.8) is 0 Å². The molecule has 0 amide bonds. The van der Waals surface area contributed by atoms with E-state index in [0.717, 1.165) is 12.8 Å². The number of hydrogen-bond acceptors (Lipinski definition) is 5. The van der Waals surface area contributed by atoms with Crippen LogP contribution in [0.15, 0.2) is 6.20 Å². The summed E-state index contributed by atoms with van der Waals surface area (Å²) in [6, 6.07) is -0.0352. The third-order valence-corrected chi connectivity index (χ3v) is 4.64. The molecule has 1 aliphatic rings. The maximum Gasteiger partial charge on any atom is 0.224 e. The Morgan fingerprint density at radius 3 is 2.89 bits per heavy atom. The molecule has 2 heterocycles. The monoisotopic (exact) mass is 324 g/mol. The lowest BCUT2D eigenvalue weighted by molar-refractivity contribution is 0.329. The Kier molecular flexibility index (Phi) is 4.50. The second-order valence-corrected chi connectivity index (χ2v) is 7.17. The van der Waals surface area contributed by atoms with E-state index < -0.39 is 10.0 Å². The summed E-state index contributed by atoms with van der Waals surface area (Å²) in [6.45, 7) is 0.950. The van der Waals surface area contributed by atoms with Crippen molar-refractivity contribution < 1.29 is 8.42 Å². The number of hydrogen-bond donors (Lipinski definition) is 1. The van der Waals surface area contributed by atoms with Crippen molar-refractivity contribution in [2.24, 2.45) is 0 Å². The molecule has 0 saturated carbocycles. The number of nitrogens with zero attached hydrogens (tertiary/aromatic N) is 3. The van der Waals surface area contributed by atoms with Crippen LogP contribution in [0.4, 0.5) is 5.82 Å². The molecule has 6 nitrogen and oxygen atoms in total. The molecule has 19 heavy (non-hydrogen) atoms. The standard InChI is InChI=1S/C10H14Cl2N4O2S/c1-19(17,18)16-4-2-3-7(6-16)14-9-8(11)5-13-10(12)15-9/h5,7H,2-4,6H2,1H3,(H,13,14,15). The fraction of sp³-hybridized carbons (Fsp3) is 0.600. The third kappa shape index (κ3) is 3.92. The smallest absolute Gasteiger partial charge is 0.224 e. The maximum atomic E-state index is 11.5. The zero-order valence-electron chi connectivity index (χ0n) is 10.3. The summed E-state index contributed by atoms with van der Waals surface area (Å²) in [7, 11) is -3.17. The number of anilines is 1. The molecule has 0 aliphatic carbocycles. The Morgan fingerprint density at radius 1 is 1.47 bits per heavy atom. The molecular weight excluding hydrogens is 311 g/mol. The van der Waals surface area contributed by atoms with Crippen LogP contribution in [0, 0.1) is 0 Å². The molecule has 0 radical (unpaired) electrons. The molecule has 1 aromatic heterocycles. The molecule has 1 saturated heterocycles. The lowest BCUT2D eigenvalue weighted by Gasteiger charge is -2.31. The van der Waals surface area contributed by atoms with Crippen LogP contribution in [0.2, 0.25) is 10.3 Å². The average Bonchev–Trinajstić information content (AvgIpc) is 2.33. The Labute approximate surface area is 122 Å². The van der Waals surface area contributed by atoms with Gasteiger partial charge in [-0.15, -0.1) is 0 Å². The fourth-order valence-corrected chi connectivity index (χ4v) is 3.19. The molecule has 106 valence electrons. The largest absolute Gasteiger partial charge is 0.365 e. The topological polar surface area (TPSA) is 75.2 Å². The van der Waals surface area contributed by atoms with Crippen LogP contribution in [0.1, 0.15) is 12.8 Å². The maximum absolute atomic E-state index is 11.5. The predicted octanol–water partition coefficient (Wildman–Crippen LogP) is 1.62. The fourth-order valence-electron chi connectivity index (χ4n) is 2.00. The minimum atomic E-state index is -3.17. The van der Waals surface area contributed by atoms with Crippen molar-refractivity contribution in [1.29, 1.82) is 0 Å². The van der Waals surface area contributed by atoms with Crippen molar-refractivity contribution in [2.75, 3.05) is 24.7 Å². The first kappa shape index (κ1) is 14.8. The summed E-state index contributed by atoms with van der Waals surface area (Å²) in [5.41, 5.74) is 0. The minimum Gasteiger partial charge on any atom is -0.365 e. The van der Waals surface area contributed by atoms with Gasteiger partial charge >= 0.3 is 0 Å². The van der Waals surface area contributed by atoms with Gasteiger partial charge in [-0.2, -0.15) is 4.98 Å². The summed E-state index contributed by atoms with van der Waals surface area (Å²) < 4.78 is 24.5. The Hall–Kier alpha value is -0.630. The molecule has 1 aliphatic heterocycles. The summed E-state index contributed by atoms with van der Waals surface area (Å²) in [5, 5.41) is 3.58. The molecular formula is C10H14Cl2N4O2S. The first-order valence-corrected chi connectivity index (χ1v) is 8.36. The molecule has 1 fully saturated rings. The molecule has 1 aromatic rings. The van der Waals surface area contributed by atoms with Gasteiger partial charge in [0.15, 0.2) is 0 Å². The first-order valence-electron chi connectivity index (χ1n) is 5.76. The lowest BCUT2D eigenvalue weighted by Crippen LogP contribution is -2.44. The highest BCUT2D eigenvalue weighted by atomic mass is 35.5. The van der Waals surface area contributed by atoms with Crippen molar-refractivity contribution in [3.8, 4) is 0 Å². The van der Waals surface area contributed by atoms with Gasteiger partial charge in [-0.3, -0.25) is 0 Å². The normalized spacial score (nSPS) is 21.3. The summed E-state index contributed by atoms with van der Waals surface area (Å²) in [6.07, 6.45) is 4.27. The highest BCUT2D eigenvalue weighted by Gasteiger charge is 2.26. The summed E-state index contributed by atoms with van der Waals surface area (Å²) in [5.74, 6) is 0.432. The zero-order chi connectivity index (χ0) is 14.0. The van der Waals surface area contributed by atoms with E-state index in [9.17, 15) is 8.42 Å². The Morgan fingerprint density at radius 2 is 2.21 bits per heavy atom. The summed E-state index contributed by atoms with van der Waals surface area (Å²) in [4.78, 5) is 7.76. The predicted molar refractivity (Wildman–Crippen MR) is 75.1 cm³/mol. The van der Waals surface area contributed by atoms with Gasteiger partial charge in [-0.25, -0.2) is 17.7 Å². The number of piperidine rings is 1. The van der Waals surface area contributed by atoms with E-state index in [-0.39, 0.29) is 11.3 Å². The van der Waals surface area contributed by atoms with Gasteiger partial charge in [0.05, 0.1) is 12.5 Å². The second-order valence-electron chi connectivity index (χ2n) is 4.44. The Bertz CT molecular complexity index is 567. The van der Waals surface area contributed by atoms with E-state index >= 15 is 0 Å². The van der Waals surface area contributed by atoms with E-state index in [1.807, 2.05) is 0 Å². The Balaban J connectivity index is 2.09. The number of nitrogens with one attached hydrogen (secondary N) is 1. The number of halogens is 2. The van der Waals surface area contributed by atoms with Crippen LogP contribution in [-0.2, 0) is 10.0 Å². The molecule has 1 atom stereocenters. The SMILES string of the molecule is CS(=O)(=O)N1CCCC(Nc2nc(Cl)ncc2Cl)C1. The number of sulfonamides is 1. The van der Waals surface area contributed by atoms with Gasteiger partial charge in [-0.05, 0) is 24.4 Å². The molecule has 0 bridgehead atoms. The van der Waals surface area contributed by atoms with Crippen LogP contribution < -0.4 is 5.32 Å². The van der Waals surface area contributed by atoms with Gasteiger partial charge in [-0.1, -0.05) is 11.6 Å². The van der Waals surface area contributed by atoms with Crippen LogP contribution >= 0.6 is 23.2 Å². The first-order chi connectivity index (χ1) is 8.86. The van der Waals surface area contributed by atoms with E-state index in [4.69, 9.17) is 23.2 Å².